The highest BCUT2D eigenvalue weighted by Crippen LogP contribution is 2.37. The maximum Gasteiger partial charge on any atom is 0.311 e. The van der Waals surface area contributed by atoms with Gasteiger partial charge in [-0.15, -0.1) is 0 Å². The van der Waals surface area contributed by atoms with Gasteiger partial charge in [-0.1, -0.05) is 6.92 Å². The minimum atomic E-state index is -0.445. The van der Waals surface area contributed by atoms with Gasteiger partial charge < -0.3 is 15.2 Å². The number of nitro groups is 1. The van der Waals surface area contributed by atoms with Crippen molar-refractivity contribution >= 4 is 11.4 Å². The molecule has 6 nitrogen and oxygen atoms in total. The molecular formula is C14H20N2O4. The van der Waals surface area contributed by atoms with Gasteiger partial charge >= 0.3 is 5.69 Å². The van der Waals surface area contributed by atoms with Crippen LogP contribution in [0.1, 0.15) is 32.6 Å². The normalized spacial score (nSPS) is 16.3. The van der Waals surface area contributed by atoms with Crippen molar-refractivity contribution in [2.45, 2.75) is 38.1 Å². The number of aliphatic hydroxyl groups excluding tert-OH is 1. The van der Waals surface area contributed by atoms with Crippen LogP contribution in [0.3, 0.4) is 0 Å². The van der Waals surface area contributed by atoms with Crippen LogP contribution < -0.4 is 10.1 Å². The Balaban J connectivity index is 2.20. The quantitative estimate of drug-likeness (QED) is 0.592. The molecule has 1 fully saturated rings. The van der Waals surface area contributed by atoms with Crippen LogP contribution in [0.25, 0.3) is 0 Å². The summed E-state index contributed by atoms with van der Waals surface area (Å²) < 4.78 is 5.44. The third kappa shape index (κ3) is 3.01. The Labute approximate surface area is 117 Å². The summed E-state index contributed by atoms with van der Waals surface area (Å²) in [6.45, 7) is 2.45. The second-order valence-electron chi connectivity index (χ2n) is 5.21. The lowest BCUT2D eigenvalue weighted by molar-refractivity contribution is -0.385. The van der Waals surface area contributed by atoms with Crippen LogP contribution in [-0.2, 0) is 0 Å². The molecule has 0 unspecified atom stereocenters. The highest BCUT2D eigenvalue weighted by atomic mass is 16.6. The van der Waals surface area contributed by atoms with Crippen molar-refractivity contribution in [1.82, 2.24) is 0 Å². The Kier molecular flexibility index (Phi) is 4.44. The minimum Gasteiger partial charge on any atom is -0.487 e. The lowest BCUT2D eigenvalue weighted by Crippen LogP contribution is -2.48. The Morgan fingerprint density at radius 2 is 2.25 bits per heavy atom. The van der Waals surface area contributed by atoms with Crippen molar-refractivity contribution in [2.75, 3.05) is 18.5 Å². The van der Waals surface area contributed by atoms with Crippen LogP contribution >= 0.6 is 0 Å². The summed E-state index contributed by atoms with van der Waals surface area (Å²) in [5, 5.41) is 23.7. The van der Waals surface area contributed by atoms with Gasteiger partial charge in [0, 0.05) is 17.8 Å². The molecule has 0 atom stereocenters. The van der Waals surface area contributed by atoms with Gasteiger partial charge in [-0.25, -0.2) is 0 Å². The molecule has 0 saturated heterocycles. The first-order valence-corrected chi connectivity index (χ1v) is 6.90. The largest absolute Gasteiger partial charge is 0.487 e. The monoisotopic (exact) mass is 280 g/mol. The van der Waals surface area contributed by atoms with Gasteiger partial charge in [-0.05, 0) is 31.7 Å². The molecule has 0 heterocycles. The lowest BCUT2D eigenvalue weighted by Gasteiger charge is -2.41. The second kappa shape index (κ2) is 6.09. The molecule has 1 aromatic rings. The summed E-state index contributed by atoms with van der Waals surface area (Å²) in [7, 11) is 0. The zero-order chi connectivity index (χ0) is 14.6. The van der Waals surface area contributed by atoms with Crippen LogP contribution in [-0.4, -0.2) is 28.8 Å². The van der Waals surface area contributed by atoms with Crippen LogP contribution in [0.2, 0.25) is 0 Å². The van der Waals surface area contributed by atoms with E-state index in [0.29, 0.717) is 6.61 Å². The number of nitrogens with zero attached hydrogens (tertiary/aromatic N) is 1. The average Bonchev–Trinajstić information content (AvgIpc) is 2.40. The number of nitro benzene ring substituents is 1. The molecule has 1 aromatic carbocycles. The molecule has 6 heteroatoms. The Morgan fingerprint density at radius 1 is 1.50 bits per heavy atom. The van der Waals surface area contributed by atoms with E-state index in [-0.39, 0.29) is 23.6 Å². The fourth-order valence-electron chi connectivity index (χ4n) is 2.30. The average molecular weight is 280 g/mol. The van der Waals surface area contributed by atoms with Crippen molar-refractivity contribution in [3.63, 3.8) is 0 Å². The molecule has 2 N–H and O–H groups in total. The SMILES string of the molecule is CCCOc1cc(NC2(CO)CCC2)ccc1[N+](=O)[O-]. The van der Waals surface area contributed by atoms with Gasteiger partial charge in [0.05, 0.1) is 23.7 Å². The standard InChI is InChI=1S/C14H20N2O4/c1-2-8-20-13-9-11(4-5-12(13)16(18)19)15-14(10-17)6-3-7-14/h4-5,9,15,17H,2-3,6-8,10H2,1H3. The number of benzene rings is 1. The summed E-state index contributed by atoms with van der Waals surface area (Å²) in [6.07, 6.45) is 3.69. The van der Waals surface area contributed by atoms with Crippen molar-refractivity contribution in [1.29, 1.82) is 0 Å². The summed E-state index contributed by atoms with van der Waals surface area (Å²) in [6, 6.07) is 4.74. The van der Waals surface area contributed by atoms with Crippen molar-refractivity contribution in [3.8, 4) is 5.75 Å². The topological polar surface area (TPSA) is 84.6 Å². The van der Waals surface area contributed by atoms with Crippen molar-refractivity contribution in [3.05, 3.63) is 28.3 Å². The molecule has 1 aliphatic rings. The molecule has 20 heavy (non-hydrogen) atoms. The Hall–Kier alpha value is -1.82. The summed E-state index contributed by atoms with van der Waals surface area (Å²) in [5.41, 5.74) is 0.434. The number of anilines is 1. The Morgan fingerprint density at radius 3 is 2.75 bits per heavy atom. The fourth-order valence-corrected chi connectivity index (χ4v) is 2.30. The molecule has 0 spiro atoms. The van der Waals surface area contributed by atoms with Crippen LogP contribution in [0.15, 0.2) is 18.2 Å². The Bertz CT molecular complexity index is 481. The third-order valence-corrected chi connectivity index (χ3v) is 3.64. The molecule has 0 aliphatic heterocycles. The van der Waals surface area contributed by atoms with Crippen molar-refractivity contribution in [2.24, 2.45) is 0 Å². The van der Waals surface area contributed by atoms with Gasteiger partial charge in [-0.3, -0.25) is 10.1 Å². The maximum atomic E-state index is 11.0. The second-order valence-corrected chi connectivity index (χ2v) is 5.21. The highest BCUT2D eigenvalue weighted by Gasteiger charge is 2.36. The van der Waals surface area contributed by atoms with E-state index >= 15 is 0 Å². The van der Waals surface area contributed by atoms with Crippen LogP contribution in [0.5, 0.6) is 5.75 Å². The van der Waals surface area contributed by atoms with E-state index in [2.05, 4.69) is 5.32 Å². The highest BCUT2D eigenvalue weighted by molar-refractivity contribution is 5.59. The lowest BCUT2D eigenvalue weighted by atomic mass is 9.77. The van der Waals surface area contributed by atoms with Gasteiger partial charge in [0.1, 0.15) is 0 Å². The van der Waals surface area contributed by atoms with E-state index in [1.807, 2.05) is 6.92 Å². The summed E-state index contributed by atoms with van der Waals surface area (Å²) >= 11 is 0. The first-order valence-electron chi connectivity index (χ1n) is 6.90. The van der Waals surface area contributed by atoms with E-state index in [0.717, 1.165) is 31.4 Å². The number of hydrogen-bond donors (Lipinski definition) is 2. The first kappa shape index (κ1) is 14.6. The molecule has 110 valence electrons. The predicted molar refractivity (Wildman–Crippen MR) is 76.2 cm³/mol. The predicted octanol–water partition coefficient (Wildman–Crippen LogP) is 2.71. The van der Waals surface area contributed by atoms with Gasteiger partial charge in [0.25, 0.3) is 0 Å². The van der Waals surface area contributed by atoms with E-state index < -0.39 is 4.92 Å². The molecule has 1 saturated carbocycles. The molecule has 0 bridgehead atoms. The number of nitrogens with one attached hydrogen (secondary N) is 1. The molecule has 0 amide bonds. The number of rotatable bonds is 7. The van der Waals surface area contributed by atoms with Gasteiger partial charge in [0.2, 0.25) is 0 Å². The molecule has 1 aliphatic carbocycles. The van der Waals surface area contributed by atoms with E-state index in [9.17, 15) is 15.2 Å². The van der Waals surface area contributed by atoms with E-state index in [1.54, 1.807) is 12.1 Å². The maximum absolute atomic E-state index is 11.0. The van der Waals surface area contributed by atoms with E-state index in [4.69, 9.17) is 4.74 Å². The zero-order valence-electron chi connectivity index (χ0n) is 11.6. The number of ether oxygens (including phenoxy) is 1. The van der Waals surface area contributed by atoms with E-state index in [1.165, 1.54) is 6.07 Å². The number of hydrogen-bond acceptors (Lipinski definition) is 5. The summed E-state index contributed by atoms with van der Waals surface area (Å²) in [4.78, 5) is 10.5. The molecule has 2 rings (SSSR count). The van der Waals surface area contributed by atoms with Crippen LogP contribution in [0, 0.1) is 10.1 Å². The third-order valence-electron chi connectivity index (χ3n) is 3.64. The number of aliphatic hydroxyl groups is 1. The van der Waals surface area contributed by atoms with Gasteiger partial charge in [0.15, 0.2) is 5.75 Å². The van der Waals surface area contributed by atoms with Crippen molar-refractivity contribution < 1.29 is 14.8 Å². The first-order chi connectivity index (χ1) is 9.60. The minimum absolute atomic E-state index is 0.0318. The molecule has 0 aromatic heterocycles. The zero-order valence-corrected chi connectivity index (χ0v) is 11.6. The smallest absolute Gasteiger partial charge is 0.311 e. The van der Waals surface area contributed by atoms with Gasteiger partial charge in [-0.2, -0.15) is 0 Å². The molecular weight excluding hydrogens is 260 g/mol. The summed E-state index contributed by atoms with van der Waals surface area (Å²) in [5.74, 6) is 0.272. The van der Waals surface area contributed by atoms with Crippen LogP contribution in [0.4, 0.5) is 11.4 Å². The molecule has 0 radical (unpaired) electrons. The fraction of sp³-hybridized carbons (Fsp3) is 0.571.